The molecule has 1 atom stereocenters. The third-order valence-electron chi connectivity index (χ3n) is 7.84. The Kier molecular flexibility index (Phi) is 8.27. The summed E-state index contributed by atoms with van der Waals surface area (Å²) < 4.78 is 27.2. The first-order valence-corrected chi connectivity index (χ1v) is 13.4. The van der Waals surface area contributed by atoms with Gasteiger partial charge in [0.25, 0.3) is 0 Å². The summed E-state index contributed by atoms with van der Waals surface area (Å²) in [6.45, 7) is 6.24. The Balaban J connectivity index is 1.12. The van der Waals surface area contributed by atoms with Crippen LogP contribution in [0.3, 0.4) is 0 Å². The third-order valence-corrected chi connectivity index (χ3v) is 7.84. The van der Waals surface area contributed by atoms with Gasteiger partial charge in [-0.1, -0.05) is 54.6 Å². The van der Waals surface area contributed by atoms with Crippen molar-refractivity contribution < 1.29 is 13.6 Å². The van der Waals surface area contributed by atoms with Crippen LogP contribution in [0.4, 0.5) is 8.78 Å². The SMILES string of the molecule is O=C1CC(c2ccccc2)CCN1CCCN1CCN(C(c2ccc(F)cc2)c2ccc(F)cc2)CC1. The number of amides is 1. The minimum atomic E-state index is -0.255. The van der Waals surface area contributed by atoms with Gasteiger partial charge in [0.15, 0.2) is 0 Å². The molecular weight excluding hydrogens is 468 g/mol. The first-order valence-electron chi connectivity index (χ1n) is 13.4. The van der Waals surface area contributed by atoms with E-state index in [1.54, 1.807) is 0 Å². The number of benzene rings is 3. The molecule has 194 valence electrons. The van der Waals surface area contributed by atoms with Crippen molar-refractivity contribution in [2.75, 3.05) is 45.8 Å². The number of carbonyl (C=O) groups excluding carboxylic acids is 1. The molecule has 3 aromatic carbocycles. The maximum Gasteiger partial charge on any atom is 0.223 e. The number of likely N-dealkylation sites (tertiary alicyclic amines) is 1. The molecule has 1 unspecified atom stereocenters. The molecule has 4 nitrogen and oxygen atoms in total. The fraction of sp³-hybridized carbons (Fsp3) is 0.387. The second-order valence-electron chi connectivity index (χ2n) is 10.2. The van der Waals surface area contributed by atoms with Crippen molar-refractivity contribution in [3.63, 3.8) is 0 Å². The van der Waals surface area contributed by atoms with Crippen molar-refractivity contribution in [3.05, 3.63) is 107 Å². The summed E-state index contributed by atoms with van der Waals surface area (Å²) in [7, 11) is 0. The van der Waals surface area contributed by atoms with E-state index in [1.807, 2.05) is 47.4 Å². The van der Waals surface area contributed by atoms with Crippen LogP contribution in [0.2, 0.25) is 0 Å². The van der Waals surface area contributed by atoms with Gasteiger partial charge in [0.2, 0.25) is 5.91 Å². The van der Waals surface area contributed by atoms with E-state index in [9.17, 15) is 13.6 Å². The van der Waals surface area contributed by atoms with Gasteiger partial charge in [-0.25, -0.2) is 8.78 Å². The minimum absolute atomic E-state index is 0.0353. The van der Waals surface area contributed by atoms with Crippen LogP contribution in [0, 0.1) is 11.6 Å². The molecule has 0 spiro atoms. The monoisotopic (exact) mass is 503 g/mol. The molecule has 0 radical (unpaired) electrons. The van der Waals surface area contributed by atoms with Crippen molar-refractivity contribution >= 4 is 5.91 Å². The van der Waals surface area contributed by atoms with Crippen LogP contribution in [0.5, 0.6) is 0 Å². The predicted octanol–water partition coefficient (Wildman–Crippen LogP) is 5.47. The highest BCUT2D eigenvalue weighted by atomic mass is 19.1. The van der Waals surface area contributed by atoms with Gasteiger partial charge < -0.3 is 9.80 Å². The number of halogens is 2. The lowest BCUT2D eigenvalue weighted by Gasteiger charge is -2.40. The second-order valence-corrected chi connectivity index (χ2v) is 10.2. The summed E-state index contributed by atoms with van der Waals surface area (Å²) in [5.74, 6) is 0.0999. The number of rotatable bonds is 8. The summed E-state index contributed by atoms with van der Waals surface area (Å²) in [6, 6.07) is 23.6. The van der Waals surface area contributed by atoms with E-state index in [-0.39, 0.29) is 23.6 Å². The number of piperazine rings is 1. The van der Waals surface area contributed by atoms with Gasteiger partial charge in [-0.2, -0.15) is 0 Å². The van der Waals surface area contributed by atoms with Crippen molar-refractivity contribution in [2.24, 2.45) is 0 Å². The van der Waals surface area contributed by atoms with Crippen molar-refractivity contribution in [1.29, 1.82) is 0 Å². The molecule has 5 rings (SSSR count). The largest absolute Gasteiger partial charge is 0.343 e. The van der Waals surface area contributed by atoms with Crippen LogP contribution in [0.1, 0.15) is 47.9 Å². The summed E-state index contributed by atoms with van der Waals surface area (Å²) in [4.78, 5) is 19.6. The predicted molar refractivity (Wildman–Crippen MR) is 142 cm³/mol. The zero-order valence-corrected chi connectivity index (χ0v) is 21.2. The van der Waals surface area contributed by atoms with E-state index < -0.39 is 0 Å². The maximum absolute atomic E-state index is 13.6. The molecule has 0 aromatic heterocycles. The zero-order chi connectivity index (χ0) is 25.6. The molecular formula is C31H35F2N3O. The van der Waals surface area contributed by atoms with E-state index in [2.05, 4.69) is 21.9 Å². The molecule has 2 fully saturated rings. The molecule has 0 saturated carbocycles. The number of hydrogen-bond acceptors (Lipinski definition) is 3. The highest BCUT2D eigenvalue weighted by Gasteiger charge is 2.28. The smallest absolute Gasteiger partial charge is 0.223 e. The Morgan fingerprint density at radius 1 is 0.730 bits per heavy atom. The zero-order valence-electron chi connectivity index (χ0n) is 21.2. The van der Waals surface area contributed by atoms with Gasteiger partial charge in [0.05, 0.1) is 6.04 Å². The number of piperidine rings is 1. The van der Waals surface area contributed by atoms with Gasteiger partial charge in [-0.3, -0.25) is 9.69 Å². The second kappa shape index (κ2) is 12.0. The minimum Gasteiger partial charge on any atom is -0.343 e. The lowest BCUT2D eigenvalue weighted by molar-refractivity contribution is -0.134. The molecule has 2 heterocycles. The molecule has 0 bridgehead atoms. The highest BCUT2D eigenvalue weighted by Crippen LogP contribution is 2.31. The van der Waals surface area contributed by atoms with E-state index in [4.69, 9.17) is 0 Å². The summed E-state index contributed by atoms with van der Waals surface area (Å²) >= 11 is 0. The van der Waals surface area contributed by atoms with Crippen LogP contribution in [0.25, 0.3) is 0 Å². The summed E-state index contributed by atoms with van der Waals surface area (Å²) in [6.07, 6.45) is 2.61. The summed E-state index contributed by atoms with van der Waals surface area (Å²) in [5, 5.41) is 0. The lowest BCUT2D eigenvalue weighted by atomic mass is 9.89. The average molecular weight is 504 g/mol. The Bertz CT molecular complexity index is 1100. The molecule has 6 heteroatoms. The molecule has 3 aromatic rings. The summed E-state index contributed by atoms with van der Waals surface area (Å²) in [5.41, 5.74) is 3.30. The Morgan fingerprint density at radius 3 is 1.89 bits per heavy atom. The molecule has 0 N–H and O–H groups in total. The molecule has 0 aliphatic carbocycles. The molecule has 2 saturated heterocycles. The normalized spacial score (nSPS) is 19.5. The van der Waals surface area contributed by atoms with Crippen LogP contribution in [-0.2, 0) is 4.79 Å². The van der Waals surface area contributed by atoms with Gasteiger partial charge in [-0.15, -0.1) is 0 Å². The maximum atomic E-state index is 13.6. The average Bonchev–Trinajstić information content (AvgIpc) is 2.93. The van der Waals surface area contributed by atoms with Gasteiger partial charge in [0, 0.05) is 45.7 Å². The van der Waals surface area contributed by atoms with Crippen molar-refractivity contribution in [3.8, 4) is 0 Å². The van der Waals surface area contributed by atoms with Crippen LogP contribution < -0.4 is 0 Å². The van der Waals surface area contributed by atoms with Crippen LogP contribution in [-0.4, -0.2) is 66.4 Å². The van der Waals surface area contributed by atoms with E-state index >= 15 is 0 Å². The van der Waals surface area contributed by atoms with Crippen molar-refractivity contribution in [2.45, 2.75) is 31.2 Å². The number of nitrogens with zero attached hydrogens (tertiary/aromatic N) is 3. The fourth-order valence-corrected chi connectivity index (χ4v) is 5.76. The molecule has 1 amide bonds. The highest BCUT2D eigenvalue weighted by molar-refractivity contribution is 5.78. The number of hydrogen-bond donors (Lipinski definition) is 0. The third kappa shape index (κ3) is 6.43. The van der Waals surface area contributed by atoms with Gasteiger partial charge >= 0.3 is 0 Å². The van der Waals surface area contributed by atoms with Gasteiger partial charge in [-0.05, 0) is 66.3 Å². The van der Waals surface area contributed by atoms with E-state index in [1.165, 1.54) is 29.8 Å². The number of carbonyl (C=O) groups is 1. The topological polar surface area (TPSA) is 26.8 Å². The lowest BCUT2D eigenvalue weighted by Crippen LogP contribution is -2.48. The molecule has 2 aliphatic rings. The van der Waals surface area contributed by atoms with E-state index in [0.717, 1.165) is 69.8 Å². The van der Waals surface area contributed by atoms with E-state index in [0.29, 0.717) is 12.3 Å². The van der Waals surface area contributed by atoms with Crippen LogP contribution >= 0.6 is 0 Å². The Morgan fingerprint density at radius 2 is 1.32 bits per heavy atom. The first kappa shape index (κ1) is 25.6. The Labute approximate surface area is 218 Å². The van der Waals surface area contributed by atoms with Gasteiger partial charge in [0.1, 0.15) is 11.6 Å². The first-order chi connectivity index (χ1) is 18.1. The molecule has 37 heavy (non-hydrogen) atoms. The van der Waals surface area contributed by atoms with Crippen molar-refractivity contribution in [1.82, 2.24) is 14.7 Å². The fourth-order valence-electron chi connectivity index (χ4n) is 5.76. The quantitative estimate of drug-likeness (QED) is 0.408. The molecule has 2 aliphatic heterocycles. The Hall–Kier alpha value is -3.09. The van der Waals surface area contributed by atoms with Crippen LogP contribution in [0.15, 0.2) is 78.9 Å². The standard InChI is InChI=1S/C31H35F2N3O/c32-28-11-7-25(8-12-28)31(26-9-13-29(33)14-10-26)36-21-19-34(20-22-36)16-4-17-35-18-15-27(23-30(35)37)24-5-2-1-3-6-24/h1-3,5-14,27,31H,4,15-23H2.